The number of nitrogens with two attached hydrogens (primary N) is 1. The van der Waals surface area contributed by atoms with Gasteiger partial charge in [0.25, 0.3) is 11.0 Å². The maximum absolute atomic E-state index is 13.4. The average Bonchev–Trinajstić information content (AvgIpc) is 2.79. The summed E-state index contributed by atoms with van der Waals surface area (Å²) < 4.78 is 4.70. The summed E-state index contributed by atoms with van der Waals surface area (Å²) in [4.78, 5) is 53.9. The van der Waals surface area contributed by atoms with Gasteiger partial charge in [0, 0.05) is 31.2 Å². The number of ether oxygens (including phenoxy) is 1. The van der Waals surface area contributed by atoms with Crippen molar-refractivity contribution in [2.24, 2.45) is 11.1 Å². The molecule has 3 atom stereocenters. The summed E-state index contributed by atoms with van der Waals surface area (Å²) in [5, 5.41) is 25.1. The van der Waals surface area contributed by atoms with Crippen LogP contribution in [0.3, 0.4) is 0 Å². The van der Waals surface area contributed by atoms with Crippen molar-refractivity contribution in [3.63, 3.8) is 0 Å². The number of hydrogen-bond donors (Lipinski definition) is 4. The highest BCUT2D eigenvalue weighted by Crippen LogP contribution is 2.32. The van der Waals surface area contributed by atoms with Crippen molar-refractivity contribution in [2.75, 3.05) is 25.1 Å². The lowest BCUT2D eigenvalue weighted by Gasteiger charge is -2.37. The Morgan fingerprint density at radius 1 is 1.27 bits per heavy atom. The molecule has 206 valence electrons. The van der Waals surface area contributed by atoms with E-state index in [0.717, 1.165) is 11.3 Å². The van der Waals surface area contributed by atoms with Crippen molar-refractivity contribution in [3.05, 3.63) is 39.9 Å². The van der Waals surface area contributed by atoms with Gasteiger partial charge >= 0.3 is 6.09 Å². The molecule has 37 heavy (non-hydrogen) atoms. The van der Waals surface area contributed by atoms with E-state index in [2.05, 4.69) is 15.5 Å². The number of fused-ring (bicyclic) bond motifs is 1. The highest BCUT2D eigenvalue weighted by Gasteiger charge is 2.35. The predicted molar refractivity (Wildman–Crippen MR) is 134 cm³/mol. The largest absolute Gasteiger partial charge is 0.453 e. The van der Waals surface area contributed by atoms with Crippen molar-refractivity contribution >= 4 is 23.6 Å². The van der Waals surface area contributed by atoms with E-state index in [0.29, 0.717) is 6.42 Å². The zero-order chi connectivity index (χ0) is 28.0. The average molecular weight is 524 g/mol. The number of aliphatic hydroxyl groups excluding tert-OH is 1. The van der Waals surface area contributed by atoms with Crippen molar-refractivity contribution in [3.8, 4) is 0 Å². The molecule has 13 heteroatoms. The molecule has 13 nitrogen and oxygen atoms in total. The Morgan fingerprint density at radius 3 is 2.54 bits per heavy atom. The van der Waals surface area contributed by atoms with Gasteiger partial charge < -0.3 is 31.1 Å². The van der Waals surface area contributed by atoms with E-state index in [1.54, 1.807) is 4.90 Å². The van der Waals surface area contributed by atoms with E-state index in [9.17, 15) is 29.6 Å². The number of benzene rings is 1. The van der Waals surface area contributed by atoms with Crippen LogP contribution in [-0.2, 0) is 25.6 Å². The Labute approximate surface area is 215 Å². The number of hydrogen-bond acceptors (Lipinski definition) is 9. The Hall–Kier alpha value is -3.45. The molecule has 1 aliphatic rings. The van der Waals surface area contributed by atoms with Crippen molar-refractivity contribution in [1.29, 1.82) is 0 Å². The maximum Gasteiger partial charge on any atom is 0.407 e. The van der Waals surface area contributed by atoms with Crippen LogP contribution in [0.1, 0.15) is 46.1 Å². The van der Waals surface area contributed by atoms with Crippen molar-refractivity contribution in [1.82, 2.24) is 10.6 Å². The molecule has 0 spiro atoms. The molecular formula is C24H37N5O8. The van der Waals surface area contributed by atoms with Crippen LogP contribution in [0.2, 0.25) is 0 Å². The van der Waals surface area contributed by atoms with Gasteiger partial charge in [-0.15, -0.1) is 10.1 Å². The minimum Gasteiger partial charge on any atom is -0.453 e. The third-order valence-electron chi connectivity index (χ3n) is 6.19. The molecule has 0 fully saturated rings. The lowest BCUT2D eigenvalue weighted by Crippen LogP contribution is -2.52. The smallest absolute Gasteiger partial charge is 0.407 e. The fourth-order valence-corrected chi connectivity index (χ4v) is 4.29. The molecule has 0 saturated heterocycles. The van der Waals surface area contributed by atoms with Crippen LogP contribution in [0.5, 0.6) is 0 Å². The molecule has 0 radical (unpaired) electrons. The van der Waals surface area contributed by atoms with Crippen molar-refractivity contribution < 1.29 is 34.2 Å². The number of alkyl carbamates (subject to hydrolysis) is 1. The second-order valence-electron chi connectivity index (χ2n) is 10.5. The SMILES string of the molecule is COC(=O)NC1Cc2ccccc2N(C(=O)CC(C)(C)C[C@H](N)[C@@H](O)CNC(=O)C(C)(C)O[N+](=O)[O-])C1. The van der Waals surface area contributed by atoms with Gasteiger partial charge in [-0.1, -0.05) is 32.0 Å². The zero-order valence-electron chi connectivity index (χ0n) is 21.9. The molecule has 0 bridgehead atoms. The summed E-state index contributed by atoms with van der Waals surface area (Å²) in [5.41, 5.74) is 5.53. The summed E-state index contributed by atoms with van der Waals surface area (Å²) in [6.07, 6.45) is -0.802. The number of carbonyl (C=O) groups is 3. The van der Waals surface area contributed by atoms with Gasteiger partial charge in [0.1, 0.15) is 0 Å². The number of carbonyl (C=O) groups excluding carboxylic acids is 3. The van der Waals surface area contributed by atoms with E-state index in [-0.39, 0.29) is 37.9 Å². The highest BCUT2D eigenvalue weighted by molar-refractivity contribution is 5.95. The van der Waals surface area contributed by atoms with Crippen LogP contribution in [0.4, 0.5) is 10.5 Å². The molecular weight excluding hydrogens is 486 g/mol. The molecule has 1 aliphatic heterocycles. The van der Waals surface area contributed by atoms with Gasteiger partial charge in [0.15, 0.2) is 5.60 Å². The van der Waals surface area contributed by atoms with Gasteiger partial charge in [-0.3, -0.25) is 14.4 Å². The zero-order valence-corrected chi connectivity index (χ0v) is 21.9. The van der Waals surface area contributed by atoms with Gasteiger partial charge in [-0.2, -0.15) is 0 Å². The fourth-order valence-electron chi connectivity index (χ4n) is 4.29. The normalized spacial score (nSPS) is 17.2. The van der Waals surface area contributed by atoms with Gasteiger partial charge in [-0.25, -0.2) is 4.79 Å². The maximum atomic E-state index is 13.4. The first-order chi connectivity index (χ1) is 17.1. The Kier molecular flexibility index (Phi) is 9.81. The van der Waals surface area contributed by atoms with E-state index in [1.807, 2.05) is 38.1 Å². The molecule has 1 aromatic carbocycles. The van der Waals surface area contributed by atoms with Crippen LogP contribution in [-0.4, -0.2) is 72.1 Å². The first kappa shape index (κ1) is 29.8. The number of anilines is 1. The van der Waals surface area contributed by atoms with Gasteiger partial charge in [-0.05, 0) is 43.7 Å². The third kappa shape index (κ3) is 8.57. The summed E-state index contributed by atoms with van der Waals surface area (Å²) in [6, 6.07) is 6.38. The summed E-state index contributed by atoms with van der Waals surface area (Å²) in [6.45, 7) is 6.21. The number of nitrogens with zero attached hydrogens (tertiary/aromatic N) is 2. The van der Waals surface area contributed by atoms with Crippen LogP contribution in [0.25, 0.3) is 0 Å². The Morgan fingerprint density at radius 2 is 1.92 bits per heavy atom. The lowest BCUT2D eigenvalue weighted by atomic mass is 9.80. The molecule has 1 aromatic rings. The Bertz CT molecular complexity index is 999. The fraction of sp³-hybridized carbons (Fsp3) is 0.625. The number of rotatable bonds is 11. The third-order valence-corrected chi connectivity index (χ3v) is 6.19. The number of aliphatic hydroxyl groups is 1. The van der Waals surface area contributed by atoms with Gasteiger partial charge in [0.2, 0.25) is 5.91 Å². The van der Waals surface area contributed by atoms with E-state index in [4.69, 9.17) is 10.5 Å². The summed E-state index contributed by atoms with van der Waals surface area (Å²) >= 11 is 0. The van der Waals surface area contributed by atoms with E-state index >= 15 is 0 Å². The van der Waals surface area contributed by atoms with E-state index in [1.165, 1.54) is 21.0 Å². The first-order valence-corrected chi connectivity index (χ1v) is 11.9. The monoisotopic (exact) mass is 523 g/mol. The number of nitrogens with one attached hydrogen (secondary N) is 2. The number of para-hydroxylation sites is 1. The molecule has 2 rings (SSSR count). The van der Waals surface area contributed by atoms with Gasteiger partial charge in [0.05, 0.1) is 19.3 Å². The lowest BCUT2D eigenvalue weighted by molar-refractivity contribution is -0.774. The molecule has 0 aromatic heterocycles. The predicted octanol–water partition coefficient (Wildman–Crippen LogP) is 0.898. The molecule has 1 heterocycles. The van der Waals surface area contributed by atoms with E-state index < -0.39 is 40.2 Å². The molecule has 1 unspecified atom stereocenters. The topological polar surface area (TPSA) is 186 Å². The van der Waals surface area contributed by atoms with Crippen LogP contribution >= 0.6 is 0 Å². The molecule has 0 aliphatic carbocycles. The quantitative estimate of drug-likeness (QED) is 0.241. The number of methoxy groups -OCH3 is 1. The second-order valence-corrected chi connectivity index (χ2v) is 10.5. The highest BCUT2D eigenvalue weighted by atomic mass is 17.0. The minimum absolute atomic E-state index is 0.114. The standard InChI is InChI=1S/C24H37N5O8/c1-23(2,11-17(25)19(30)13-26-21(32)24(3,4)37-29(34)35)12-20(31)28-14-16(27-22(33)36-5)10-15-8-6-7-9-18(15)28/h6-9,16-17,19,30H,10-14,25H2,1-5H3,(H,26,32)(H,27,33)/t16?,17-,19-/m0/s1. The Balaban J connectivity index is 2.00. The number of amides is 3. The summed E-state index contributed by atoms with van der Waals surface area (Å²) in [5.74, 6) is -0.939. The van der Waals surface area contributed by atoms with Crippen LogP contribution < -0.4 is 21.3 Å². The minimum atomic E-state index is -1.73. The second kappa shape index (κ2) is 12.2. The first-order valence-electron chi connectivity index (χ1n) is 11.9. The molecule has 3 amide bonds. The molecule has 5 N–H and O–H groups in total. The summed E-state index contributed by atoms with van der Waals surface area (Å²) in [7, 11) is 1.28. The van der Waals surface area contributed by atoms with Crippen LogP contribution in [0, 0.1) is 15.5 Å². The van der Waals surface area contributed by atoms with Crippen molar-refractivity contribution in [2.45, 2.75) is 70.7 Å². The molecule has 0 saturated carbocycles. The van der Waals surface area contributed by atoms with Crippen LogP contribution in [0.15, 0.2) is 24.3 Å².